The monoisotopic (exact) mass is 205 g/mol. The van der Waals surface area contributed by atoms with Crippen molar-refractivity contribution in [1.29, 1.82) is 0 Å². The molecule has 0 bridgehead atoms. The van der Waals surface area contributed by atoms with Crippen LogP contribution in [0, 0.1) is 5.21 Å². The maximum absolute atomic E-state index is 11.6. The van der Waals surface area contributed by atoms with E-state index in [1.807, 2.05) is 6.07 Å². The number of thiol groups is 1. The lowest BCUT2D eigenvalue weighted by molar-refractivity contribution is -0.618. The van der Waals surface area contributed by atoms with Crippen molar-refractivity contribution in [1.82, 2.24) is 0 Å². The summed E-state index contributed by atoms with van der Waals surface area (Å²) in [5.41, 5.74) is 0.824. The first kappa shape index (κ1) is 9.02. The molecule has 2 aromatic rings. The molecule has 70 valence electrons. The van der Waals surface area contributed by atoms with Crippen LogP contribution in [0.15, 0.2) is 35.4 Å². The van der Waals surface area contributed by atoms with Crippen LogP contribution in [-0.4, -0.2) is 6.29 Å². The van der Waals surface area contributed by atoms with Gasteiger partial charge in [-0.2, -0.15) is 4.73 Å². The number of rotatable bonds is 1. The van der Waals surface area contributed by atoms with Crippen LogP contribution in [0.5, 0.6) is 0 Å². The van der Waals surface area contributed by atoms with Crippen LogP contribution in [0.25, 0.3) is 10.9 Å². The number of carbonyl (C=O) groups is 1. The Balaban J connectivity index is 2.91. The van der Waals surface area contributed by atoms with E-state index in [0.29, 0.717) is 22.1 Å². The second kappa shape index (κ2) is 3.31. The summed E-state index contributed by atoms with van der Waals surface area (Å²) in [7, 11) is 0. The average molecular weight is 205 g/mol. The number of fused-ring (bicyclic) bond motifs is 1. The number of benzene rings is 1. The molecule has 1 aromatic heterocycles. The third kappa shape index (κ3) is 1.24. The first-order valence-corrected chi connectivity index (χ1v) is 4.48. The first-order chi connectivity index (χ1) is 6.74. The van der Waals surface area contributed by atoms with Crippen molar-refractivity contribution in [3.05, 3.63) is 41.1 Å². The molecule has 0 N–H and O–H groups in total. The Morgan fingerprint density at radius 1 is 1.36 bits per heavy atom. The second-order valence-electron chi connectivity index (χ2n) is 2.89. The Kier molecular flexibility index (Phi) is 2.13. The highest BCUT2D eigenvalue weighted by Crippen LogP contribution is 2.15. The molecule has 0 aliphatic heterocycles. The van der Waals surface area contributed by atoms with Gasteiger partial charge in [-0.3, -0.25) is 4.79 Å². The molecule has 0 fully saturated rings. The molecular formula is C10H7NO2S. The van der Waals surface area contributed by atoms with Crippen LogP contribution in [0.4, 0.5) is 0 Å². The van der Waals surface area contributed by atoms with E-state index in [0.717, 1.165) is 5.39 Å². The number of carbonyl (C=O) groups excluding carboxylic acids is 1. The van der Waals surface area contributed by atoms with Gasteiger partial charge in [0.05, 0.1) is 5.56 Å². The van der Waals surface area contributed by atoms with E-state index in [1.165, 1.54) is 0 Å². The molecule has 0 amide bonds. The molecule has 1 aromatic carbocycles. The Morgan fingerprint density at radius 3 is 2.79 bits per heavy atom. The molecule has 0 unspecified atom stereocenters. The van der Waals surface area contributed by atoms with E-state index in [-0.39, 0.29) is 5.03 Å². The topological polar surface area (TPSA) is 44.0 Å². The quantitative estimate of drug-likeness (QED) is 0.332. The van der Waals surface area contributed by atoms with Crippen LogP contribution in [0.1, 0.15) is 10.4 Å². The zero-order valence-electron chi connectivity index (χ0n) is 7.18. The summed E-state index contributed by atoms with van der Waals surface area (Å²) in [4.78, 5) is 10.6. The van der Waals surface area contributed by atoms with E-state index in [1.54, 1.807) is 24.3 Å². The van der Waals surface area contributed by atoms with Gasteiger partial charge in [0, 0.05) is 11.5 Å². The molecule has 0 radical (unpaired) electrons. The molecule has 2 rings (SSSR count). The third-order valence-electron chi connectivity index (χ3n) is 2.04. The van der Waals surface area contributed by atoms with E-state index in [4.69, 9.17) is 0 Å². The number of pyridine rings is 1. The van der Waals surface area contributed by atoms with Crippen molar-refractivity contribution in [3.63, 3.8) is 0 Å². The minimum Gasteiger partial charge on any atom is -0.617 e. The minimum atomic E-state index is 0.138. The van der Waals surface area contributed by atoms with Gasteiger partial charge in [0.1, 0.15) is 0 Å². The highest BCUT2D eigenvalue weighted by atomic mass is 32.1. The summed E-state index contributed by atoms with van der Waals surface area (Å²) in [5.74, 6) is 0. The standard InChI is InChI=1S/C10H7NO2S/c12-6-8-5-7-3-1-2-4-9(7)11(13)10(8)14/h1-6,14H. The number of hydrogen-bond donors (Lipinski definition) is 1. The first-order valence-electron chi connectivity index (χ1n) is 4.03. The van der Waals surface area contributed by atoms with Gasteiger partial charge in [0.25, 0.3) is 5.03 Å². The largest absolute Gasteiger partial charge is 0.617 e. The van der Waals surface area contributed by atoms with Crippen LogP contribution in [0.3, 0.4) is 0 Å². The van der Waals surface area contributed by atoms with E-state index in [2.05, 4.69) is 12.6 Å². The zero-order valence-corrected chi connectivity index (χ0v) is 8.07. The van der Waals surface area contributed by atoms with Gasteiger partial charge in [0.2, 0.25) is 5.52 Å². The summed E-state index contributed by atoms with van der Waals surface area (Å²) in [6.45, 7) is 0. The van der Waals surface area contributed by atoms with Gasteiger partial charge in [-0.1, -0.05) is 24.8 Å². The van der Waals surface area contributed by atoms with Crippen LogP contribution < -0.4 is 4.73 Å². The van der Waals surface area contributed by atoms with Crippen LogP contribution in [0.2, 0.25) is 0 Å². The summed E-state index contributed by atoms with van der Waals surface area (Å²) < 4.78 is 0.655. The van der Waals surface area contributed by atoms with Crippen molar-refractivity contribution in [2.75, 3.05) is 0 Å². The van der Waals surface area contributed by atoms with Gasteiger partial charge in [0.15, 0.2) is 6.29 Å². The smallest absolute Gasteiger partial charge is 0.259 e. The lowest BCUT2D eigenvalue weighted by Gasteiger charge is -2.05. The molecule has 4 heteroatoms. The molecule has 0 spiro atoms. The zero-order chi connectivity index (χ0) is 10.1. The molecule has 14 heavy (non-hydrogen) atoms. The van der Waals surface area contributed by atoms with Crippen molar-refractivity contribution in [2.24, 2.45) is 0 Å². The summed E-state index contributed by atoms with van der Waals surface area (Å²) >= 11 is 3.99. The lowest BCUT2D eigenvalue weighted by Crippen LogP contribution is -2.30. The number of para-hydroxylation sites is 1. The number of aromatic nitrogens is 1. The molecule has 0 atom stereocenters. The molecule has 3 nitrogen and oxygen atoms in total. The Morgan fingerprint density at radius 2 is 2.07 bits per heavy atom. The summed E-state index contributed by atoms with van der Waals surface area (Å²) in [6, 6.07) is 8.71. The molecule has 0 aliphatic carbocycles. The highest BCUT2D eigenvalue weighted by molar-refractivity contribution is 7.80. The van der Waals surface area contributed by atoms with Crippen molar-refractivity contribution >= 4 is 29.8 Å². The van der Waals surface area contributed by atoms with Gasteiger partial charge in [-0.15, -0.1) is 0 Å². The van der Waals surface area contributed by atoms with E-state index in [9.17, 15) is 10.0 Å². The summed E-state index contributed by atoms with van der Waals surface area (Å²) in [6.07, 6.45) is 0.628. The SMILES string of the molecule is O=Cc1cc2ccccc2[n+]([O-])c1S. The third-order valence-corrected chi connectivity index (χ3v) is 2.48. The number of aldehydes is 1. The molecule has 1 heterocycles. The molecule has 0 saturated carbocycles. The molecular weight excluding hydrogens is 198 g/mol. The van der Waals surface area contributed by atoms with E-state index >= 15 is 0 Å². The minimum absolute atomic E-state index is 0.138. The fourth-order valence-electron chi connectivity index (χ4n) is 1.34. The maximum atomic E-state index is 11.6. The van der Waals surface area contributed by atoms with Gasteiger partial charge < -0.3 is 5.21 Å². The Hall–Kier alpha value is -1.55. The Labute approximate surface area is 86.0 Å². The summed E-state index contributed by atoms with van der Waals surface area (Å²) in [5, 5.41) is 12.5. The lowest BCUT2D eigenvalue weighted by atomic mass is 10.2. The molecule has 0 aliphatic rings. The molecule has 0 saturated heterocycles. The normalized spacial score (nSPS) is 10.4. The fourth-order valence-corrected chi connectivity index (χ4v) is 1.57. The predicted molar refractivity (Wildman–Crippen MR) is 55.5 cm³/mol. The van der Waals surface area contributed by atoms with E-state index < -0.39 is 0 Å². The number of hydrogen-bond acceptors (Lipinski definition) is 3. The fraction of sp³-hybridized carbons (Fsp3) is 0. The van der Waals surface area contributed by atoms with Gasteiger partial charge in [-0.05, 0) is 12.1 Å². The highest BCUT2D eigenvalue weighted by Gasteiger charge is 2.12. The van der Waals surface area contributed by atoms with Crippen molar-refractivity contribution in [3.8, 4) is 0 Å². The van der Waals surface area contributed by atoms with Crippen LogP contribution in [-0.2, 0) is 0 Å². The van der Waals surface area contributed by atoms with Gasteiger partial charge >= 0.3 is 0 Å². The second-order valence-corrected chi connectivity index (χ2v) is 3.32. The van der Waals surface area contributed by atoms with Crippen molar-refractivity contribution in [2.45, 2.75) is 5.03 Å². The number of nitrogens with zero attached hydrogens (tertiary/aromatic N) is 1. The predicted octanol–water partition coefficient (Wildman–Crippen LogP) is 1.57. The Bertz CT molecular complexity index is 511. The maximum Gasteiger partial charge on any atom is 0.259 e. The average Bonchev–Trinajstić information content (AvgIpc) is 2.23. The van der Waals surface area contributed by atoms with Crippen molar-refractivity contribution < 1.29 is 9.52 Å². The van der Waals surface area contributed by atoms with Gasteiger partial charge in [-0.25, -0.2) is 0 Å². The van der Waals surface area contributed by atoms with Crippen LogP contribution >= 0.6 is 12.6 Å².